The maximum Gasteiger partial charge on any atom is 0.115 e. The molecule has 0 saturated heterocycles. The quantitative estimate of drug-likeness (QED) is 0.644. The molecule has 0 atom stereocenters. The van der Waals surface area contributed by atoms with Gasteiger partial charge in [-0.3, -0.25) is 0 Å². The maximum atomic E-state index is 8.65. The molecule has 0 unspecified atom stereocenters. The third-order valence-corrected chi connectivity index (χ3v) is 1.79. The normalized spacial score (nSPS) is 8.87. The van der Waals surface area contributed by atoms with Crippen LogP contribution in [-0.2, 0) is 0 Å². The predicted molar refractivity (Wildman–Crippen MR) is 61.0 cm³/mol. The van der Waals surface area contributed by atoms with Crippen LogP contribution in [0.25, 0.3) is 0 Å². The van der Waals surface area contributed by atoms with Gasteiger partial charge in [0.2, 0.25) is 0 Å². The summed E-state index contributed by atoms with van der Waals surface area (Å²) >= 11 is 0. The van der Waals surface area contributed by atoms with Gasteiger partial charge in [-0.05, 0) is 31.2 Å². The molecule has 0 heterocycles. The smallest absolute Gasteiger partial charge is 0.115 e. The van der Waals surface area contributed by atoms with E-state index in [0.717, 1.165) is 0 Å². The van der Waals surface area contributed by atoms with Crippen molar-refractivity contribution in [1.29, 1.82) is 0 Å². The average Bonchev–Trinajstić information content (AvgIpc) is 2.25. The monoisotopic (exact) mass is 202 g/mol. The minimum atomic E-state index is 0.169. The Bertz CT molecular complexity index is 358. The Morgan fingerprint density at radius 3 is 1.33 bits per heavy atom. The Morgan fingerprint density at radius 2 is 1.07 bits per heavy atom. The summed E-state index contributed by atoms with van der Waals surface area (Å²) in [5, 5.41) is 17.3. The van der Waals surface area contributed by atoms with Gasteiger partial charge in [-0.1, -0.05) is 35.9 Å². The minimum Gasteiger partial charge on any atom is -0.508 e. The lowest BCUT2D eigenvalue weighted by molar-refractivity contribution is 0.460. The molecule has 78 valence electrons. The number of aryl methyl sites for hydroxylation is 1. The van der Waals surface area contributed by atoms with E-state index in [0.29, 0.717) is 0 Å². The second-order valence-electron chi connectivity index (χ2n) is 3.17. The molecule has 0 aromatic heterocycles. The summed E-state index contributed by atoms with van der Waals surface area (Å²) in [6.45, 7) is 2.08. The van der Waals surface area contributed by atoms with Crippen molar-refractivity contribution in [2.75, 3.05) is 0 Å². The molecular weight excluding hydrogens is 188 g/mol. The predicted octanol–water partition coefficient (Wildman–Crippen LogP) is 3.09. The van der Waals surface area contributed by atoms with Crippen LogP contribution < -0.4 is 0 Å². The SMILES string of the molecule is Cc1ccccc1.Oc1ccc(O)cc1. The summed E-state index contributed by atoms with van der Waals surface area (Å²) in [7, 11) is 0. The van der Waals surface area contributed by atoms with Crippen LogP contribution in [0.15, 0.2) is 54.6 Å². The highest BCUT2D eigenvalue weighted by atomic mass is 16.3. The van der Waals surface area contributed by atoms with Crippen molar-refractivity contribution < 1.29 is 10.2 Å². The molecule has 0 aliphatic heterocycles. The molecule has 2 aromatic carbocycles. The Balaban J connectivity index is 0.000000151. The second-order valence-corrected chi connectivity index (χ2v) is 3.17. The van der Waals surface area contributed by atoms with Crippen LogP contribution in [0.2, 0.25) is 0 Å². The topological polar surface area (TPSA) is 40.5 Å². The standard InChI is InChI=1S/C7H8.C6H6O2/c1-7-5-3-2-4-6-7;7-5-1-2-6(8)4-3-5/h2-6H,1H3;1-4,7-8H. The zero-order valence-electron chi connectivity index (χ0n) is 8.59. The highest BCUT2D eigenvalue weighted by Crippen LogP contribution is 2.13. The van der Waals surface area contributed by atoms with Gasteiger partial charge in [-0.2, -0.15) is 0 Å². The van der Waals surface area contributed by atoms with E-state index in [1.165, 1.54) is 29.8 Å². The number of benzene rings is 2. The van der Waals surface area contributed by atoms with Gasteiger partial charge in [0.1, 0.15) is 11.5 Å². The van der Waals surface area contributed by atoms with Crippen LogP contribution in [0, 0.1) is 6.92 Å². The Morgan fingerprint density at radius 1 is 0.667 bits per heavy atom. The van der Waals surface area contributed by atoms with Crippen LogP contribution in [0.5, 0.6) is 11.5 Å². The zero-order valence-corrected chi connectivity index (χ0v) is 8.59. The molecule has 2 N–H and O–H groups in total. The molecule has 0 aliphatic carbocycles. The molecule has 2 aromatic rings. The summed E-state index contributed by atoms with van der Waals surface area (Å²) in [6, 6.07) is 16.0. The second kappa shape index (κ2) is 5.70. The van der Waals surface area contributed by atoms with Gasteiger partial charge in [0, 0.05) is 0 Å². The van der Waals surface area contributed by atoms with Gasteiger partial charge >= 0.3 is 0 Å². The van der Waals surface area contributed by atoms with Crippen molar-refractivity contribution in [1.82, 2.24) is 0 Å². The fourth-order valence-electron chi connectivity index (χ4n) is 0.987. The molecule has 2 rings (SSSR count). The van der Waals surface area contributed by atoms with Crippen molar-refractivity contribution in [3.05, 3.63) is 60.2 Å². The molecule has 2 heteroatoms. The highest BCUT2D eigenvalue weighted by Gasteiger charge is 1.84. The Hall–Kier alpha value is -1.96. The average molecular weight is 202 g/mol. The fraction of sp³-hybridized carbons (Fsp3) is 0.0769. The van der Waals surface area contributed by atoms with Gasteiger partial charge in [-0.25, -0.2) is 0 Å². The van der Waals surface area contributed by atoms with E-state index in [2.05, 4.69) is 19.1 Å². The van der Waals surface area contributed by atoms with Gasteiger partial charge < -0.3 is 10.2 Å². The first-order valence-electron chi connectivity index (χ1n) is 4.68. The van der Waals surface area contributed by atoms with E-state index in [1.807, 2.05) is 18.2 Å². The molecule has 15 heavy (non-hydrogen) atoms. The minimum absolute atomic E-state index is 0.169. The molecule has 0 amide bonds. The summed E-state index contributed by atoms with van der Waals surface area (Å²) in [4.78, 5) is 0. The van der Waals surface area contributed by atoms with E-state index >= 15 is 0 Å². The summed E-state index contributed by atoms with van der Waals surface area (Å²) in [5.41, 5.74) is 1.32. The molecule has 0 spiro atoms. The van der Waals surface area contributed by atoms with Crippen LogP contribution in [-0.4, -0.2) is 10.2 Å². The molecular formula is C13H14O2. The first kappa shape index (κ1) is 11.1. The summed E-state index contributed by atoms with van der Waals surface area (Å²) < 4.78 is 0. The van der Waals surface area contributed by atoms with Gasteiger partial charge in [-0.15, -0.1) is 0 Å². The van der Waals surface area contributed by atoms with E-state index in [-0.39, 0.29) is 11.5 Å². The van der Waals surface area contributed by atoms with Gasteiger partial charge in [0.25, 0.3) is 0 Å². The summed E-state index contributed by atoms with van der Waals surface area (Å²) in [5.74, 6) is 0.339. The number of rotatable bonds is 0. The van der Waals surface area contributed by atoms with E-state index in [4.69, 9.17) is 10.2 Å². The molecule has 0 bridgehead atoms. The molecule has 0 aliphatic rings. The highest BCUT2D eigenvalue weighted by molar-refractivity contribution is 5.28. The van der Waals surface area contributed by atoms with Crippen molar-refractivity contribution in [2.24, 2.45) is 0 Å². The van der Waals surface area contributed by atoms with Crippen LogP contribution in [0.4, 0.5) is 0 Å². The summed E-state index contributed by atoms with van der Waals surface area (Å²) in [6.07, 6.45) is 0. The Kier molecular flexibility index (Phi) is 4.23. The third-order valence-electron chi connectivity index (χ3n) is 1.79. The number of hydrogen-bond acceptors (Lipinski definition) is 2. The first-order chi connectivity index (χ1) is 7.18. The number of phenolic OH excluding ortho intramolecular Hbond substituents is 2. The zero-order chi connectivity index (χ0) is 11.1. The lowest BCUT2D eigenvalue weighted by Crippen LogP contribution is -1.62. The van der Waals surface area contributed by atoms with Crippen molar-refractivity contribution in [3.8, 4) is 11.5 Å². The number of phenols is 2. The van der Waals surface area contributed by atoms with Crippen molar-refractivity contribution >= 4 is 0 Å². The first-order valence-corrected chi connectivity index (χ1v) is 4.68. The van der Waals surface area contributed by atoms with Crippen molar-refractivity contribution in [2.45, 2.75) is 6.92 Å². The molecule has 0 saturated carbocycles. The van der Waals surface area contributed by atoms with E-state index in [9.17, 15) is 0 Å². The van der Waals surface area contributed by atoms with Crippen LogP contribution >= 0.6 is 0 Å². The lowest BCUT2D eigenvalue weighted by atomic mass is 10.2. The molecule has 0 fully saturated rings. The van der Waals surface area contributed by atoms with E-state index in [1.54, 1.807) is 0 Å². The van der Waals surface area contributed by atoms with Crippen LogP contribution in [0.1, 0.15) is 5.56 Å². The van der Waals surface area contributed by atoms with Crippen LogP contribution in [0.3, 0.4) is 0 Å². The maximum absolute atomic E-state index is 8.65. The van der Waals surface area contributed by atoms with Gasteiger partial charge in [0.15, 0.2) is 0 Å². The lowest BCUT2D eigenvalue weighted by Gasteiger charge is -1.88. The third kappa shape index (κ3) is 4.72. The van der Waals surface area contributed by atoms with Crippen molar-refractivity contribution in [3.63, 3.8) is 0 Å². The Labute approximate surface area is 89.4 Å². The van der Waals surface area contributed by atoms with E-state index < -0.39 is 0 Å². The molecule has 2 nitrogen and oxygen atoms in total. The largest absolute Gasteiger partial charge is 0.508 e. The fourth-order valence-corrected chi connectivity index (χ4v) is 0.987. The number of aromatic hydroxyl groups is 2. The van der Waals surface area contributed by atoms with Gasteiger partial charge in [0.05, 0.1) is 0 Å². The number of hydrogen-bond donors (Lipinski definition) is 2. The molecule has 0 radical (unpaired) electrons.